The minimum Gasteiger partial charge on any atom is -0.338 e. The van der Waals surface area contributed by atoms with Crippen molar-refractivity contribution in [3.63, 3.8) is 0 Å². The Morgan fingerprint density at radius 2 is 2.23 bits per heavy atom. The molecule has 0 aromatic heterocycles. The zero-order chi connectivity index (χ0) is 16.1. The third-order valence-electron chi connectivity index (χ3n) is 3.49. The molecular weight excluding hydrogens is 287 g/mol. The van der Waals surface area contributed by atoms with Gasteiger partial charge >= 0.3 is 6.03 Å². The molecule has 3 amide bonds. The summed E-state index contributed by atoms with van der Waals surface area (Å²) in [7, 11) is 4.01. The fourth-order valence-corrected chi connectivity index (χ4v) is 2.36. The molecule has 120 valence electrons. The lowest BCUT2D eigenvalue weighted by Crippen LogP contribution is -3.06. The van der Waals surface area contributed by atoms with Gasteiger partial charge in [0.15, 0.2) is 0 Å². The first-order valence-electron chi connectivity index (χ1n) is 7.35. The fraction of sp³-hybridized carbons (Fsp3) is 0.467. The zero-order valence-electron chi connectivity index (χ0n) is 12.9. The van der Waals surface area contributed by atoms with Gasteiger partial charge in [0, 0.05) is 18.7 Å². The monoisotopic (exact) mass is 309 g/mol. The molecule has 1 aliphatic rings. The molecule has 7 heteroatoms. The van der Waals surface area contributed by atoms with Gasteiger partial charge in [0.25, 0.3) is 0 Å². The second kappa shape index (κ2) is 7.22. The highest BCUT2D eigenvalue weighted by molar-refractivity contribution is 5.96. The summed E-state index contributed by atoms with van der Waals surface area (Å²) in [6, 6.07) is 5.36. The SMILES string of the molecule is C[NH+](C)CCNC(=O)N[C@H]1CC(=O)N(c2cccc(F)c2)C1. The summed E-state index contributed by atoms with van der Waals surface area (Å²) in [6.45, 7) is 1.75. The van der Waals surface area contributed by atoms with Crippen molar-refractivity contribution in [3.05, 3.63) is 30.1 Å². The molecule has 0 aliphatic carbocycles. The molecular formula is C15H22FN4O2+. The maximum absolute atomic E-state index is 13.2. The summed E-state index contributed by atoms with van der Waals surface area (Å²) in [5.74, 6) is -0.501. The van der Waals surface area contributed by atoms with Gasteiger partial charge in [0.05, 0.1) is 33.2 Å². The largest absolute Gasteiger partial charge is 0.338 e. The average molecular weight is 309 g/mol. The van der Waals surface area contributed by atoms with E-state index in [0.29, 0.717) is 18.8 Å². The lowest BCUT2D eigenvalue weighted by Gasteiger charge is -2.17. The molecule has 0 saturated carbocycles. The van der Waals surface area contributed by atoms with Crippen LogP contribution in [-0.2, 0) is 4.79 Å². The number of halogens is 1. The molecule has 22 heavy (non-hydrogen) atoms. The van der Waals surface area contributed by atoms with Crippen molar-refractivity contribution in [1.29, 1.82) is 0 Å². The summed E-state index contributed by atoms with van der Waals surface area (Å²) in [5.41, 5.74) is 0.519. The molecule has 0 bridgehead atoms. The summed E-state index contributed by atoms with van der Waals surface area (Å²) in [4.78, 5) is 26.5. The molecule has 6 nitrogen and oxygen atoms in total. The Kier molecular flexibility index (Phi) is 5.32. The summed E-state index contributed by atoms with van der Waals surface area (Å²) < 4.78 is 13.2. The number of anilines is 1. The smallest absolute Gasteiger partial charge is 0.315 e. The Labute approximate surface area is 129 Å². The number of amides is 3. The average Bonchev–Trinajstić information content (AvgIpc) is 2.79. The van der Waals surface area contributed by atoms with Gasteiger partial charge in [-0.1, -0.05) is 6.07 Å². The van der Waals surface area contributed by atoms with E-state index in [1.165, 1.54) is 21.9 Å². The van der Waals surface area contributed by atoms with E-state index in [0.717, 1.165) is 6.54 Å². The lowest BCUT2D eigenvalue weighted by atomic mass is 10.2. The van der Waals surface area contributed by atoms with Crippen LogP contribution in [0.4, 0.5) is 14.9 Å². The molecule has 1 heterocycles. The number of carbonyl (C=O) groups excluding carboxylic acids is 2. The van der Waals surface area contributed by atoms with Crippen molar-refractivity contribution in [1.82, 2.24) is 10.6 Å². The van der Waals surface area contributed by atoms with E-state index >= 15 is 0 Å². The third kappa shape index (κ3) is 4.42. The number of nitrogens with one attached hydrogen (secondary N) is 3. The maximum atomic E-state index is 13.2. The lowest BCUT2D eigenvalue weighted by molar-refractivity contribution is -0.856. The second-order valence-corrected chi connectivity index (χ2v) is 5.74. The van der Waals surface area contributed by atoms with Crippen LogP contribution in [0.2, 0.25) is 0 Å². The molecule has 0 spiro atoms. The van der Waals surface area contributed by atoms with E-state index in [1.54, 1.807) is 12.1 Å². The number of carbonyl (C=O) groups is 2. The predicted octanol–water partition coefficient (Wildman–Crippen LogP) is -0.625. The Morgan fingerprint density at radius 1 is 1.45 bits per heavy atom. The standard InChI is InChI=1S/C15H21FN4O2/c1-19(2)7-6-17-15(22)18-12-9-14(21)20(10-12)13-5-3-4-11(16)8-13/h3-5,8,12H,6-7,9-10H2,1-2H3,(H2,17,18,22)/p+1/t12-/m0/s1. The van der Waals surface area contributed by atoms with E-state index in [9.17, 15) is 14.0 Å². The minimum atomic E-state index is -0.384. The molecule has 0 unspecified atom stereocenters. The normalized spacial score (nSPS) is 17.9. The molecule has 1 aromatic carbocycles. The zero-order valence-corrected chi connectivity index (χ0v) is 12.9. The molecule has 0 radical (unpaired) electrons. The Balaban J connectivity index is 1.86. The number of quaternary nitrogens is 1. The van der Waals surface area contributed by atoms with Gasteiger partial charge in [0.1, 0.15) is 5.82 Å². The van der Waals surface area contributed by atoms with Gasteiger partial charge in [-0.2, -0.15) is 0 Å². The highest BCUT2D eigenvalue weighted by Gasteiger charge is 2.31. The van der Waals surface area contributed by atoms with Gasteiger partial charge in [0.2, 0.25) is 5.91 Å². The first-order chi connectivity index (χ1) is 10.5. The van der Waals surface area contributed by atoms with E-state index in [1.807, 2.05) is 14.1 Å². The number of hydrogen-bond donors (Lipinski definition) is 3. The van der Waals surface area contributed by atoms with E-state index < -0.39 is 0 Å². The van der Waals surface area contributed by atoms with Crippen molar-refractivity contribution < 1.29 is 18.9 Å². The van der Waals surface area contributed by atoms with Crippen LogP contribution in [0.25, 0.3) is 0 Å². The number of nitrogens with zero attached hydrogens (tertiary/aromatic N) is 1. The van der Waals surface area contributed by atoms with Gasteiger partial charge in [-0.25, -0.2) is 9.18 Å². The van der Waals surface area contributed by atoms with Crippen molar-refractivity contribution in [2.45, 2.75) is 12.5 Å². The van der Waals surface area contributed by atoms with Crippen LogP contribution in [0.3, 0.4) is 0 Å². The van der Waals surface area contributed by atoms with Crippen molar-refractivity contribution >= 4 is 17.6 Å². The first-order valence-corrected chi connectivity index (χ1v) is 7.35. The highest BCUT2D eigenvalue weighted by atomic mass is 19.1. The maximum Gasteiger partial charge on any atom is 0.315 e. The van der Waals surface area contributed by atoms with Crippen LogP contribution < -0.4 is 20.4 Å². The van der Waals surface area contributed by atoms with Crippen molar-refractivity contribution in [2.75, 3.05) is 38.6 Å². The highest BCUT2D eigenvalue weighted by Crippen LogP contribution is 2.22. The van der Waals surface area contributed by atoms with Gasteiger partial charge in [-0.05, 0) is 18.2 Å². The molecule has 1 aliphatic heterocycles. The van der Waals surface area contributed by atoms with E-state index in [4.69, 9.17) is 0 Å². The minimum absolute atomic E-state index is 0.117. The first kappa shape index (κ1) is 16.2. The molecule has 1 saturated heterocycles. The Morgan fingerprint density at radius 3 is 2.91 bits per heavy atom. The number of hydrogen-bond acceptors (Lipinski definition) is 2. The summed E-state index contributed by atoms with van der Waals surface area (Å²) in [5, 5.41) is 5.54. The van der Waals surface area contributed by atoms with Crippen LogP contribution in [0.5, 0.6) is 0 Å². The molecule has 1 aromatic rings. The number of benzene rings is 1. The van der Waals surface area contributed by atoms with Crippen LogP contribution in [0, 0.1) is 5.82 Å². The van der Waals surface area contributed by atoms with Gasteiger partial charge < -0.3 is 20.4 Å². The number of rotatable bonds is 5. The number of likely N-dealkylation sites (N-methyl/N-ethyl adjacent to an activating group) is 1. The van der Waals surface area contributed by atoms with Crippen LogP contribution >= 0.6 is 0 Å². The van der Waals surface area contributed by atoms with E-state index in [-0.39, 0.29) is 30.2 Å². The summed E-state index contributed by atoms with van der Waals surface area (Å²) in [6.07, 6.45) is 0.225. The van der Waals surface area contributed by atoms with Crippen molar-refractivity contribution in [3.8, 4) is 0 Å². The Hall–Kier alpha value is -2.15. The fourth-order valence-electron chi connectivity index (χ4n) is 2.36. The van der Waals surface area contributed by atoms with Gasteiger partial charge in [-0.15, -0.1) is 0 Å². The predicted molar refractivity (Wildman–Crippen MR) is 81.4 cm³/mol. The van der Waals surface area contributed by atoms with Crippen molar-refractivity contribution in [2.24, 2.45) is 0 Å². The molecule has 3 N–H and O–H groups in total. The second-order valence-electron chi connectivity index (χ2n) is 5.74. The molecule has 1 atom stereocenters. The topological polar surface area (TPSA) is 65.9 Å². The quantitative estimate of drug-likeness (QED) is 0.678. The van der Waals surface area contributed by atoms with Crippen LogP contribution in [-0.4, -0.2) is 51.7 Å². The van der Waals surface area contributed by atoms with E-state index in [2.05, 4.69) is 10.6 Å². The molecule has 2 rings (SSSR count). The number of urea groups is 1. The summed E-state index contributed by atoms with van der Waals surface area (Å²) >= 11 is 0. The van der Waals surface area contributed by atoms with Crippen LogP contribution in [0.15, 0.2) is 24.3 Å². The Bertz CT molecular complexity index is 550. The third-order valence-corrected chi connectivity index (χ3v) is 3.49. The molecule has 1 fully saturated rings. The van der Waals surface area contributed by atoms with Gasteiger partial charge in [-0.3, -0.25) is 4.79 Å². The van der Waals surface area contributed by atoms with Crippen LogP contribution in [0.1, 0.15) is 6.42 Å².